The molecule has 1 aliphatic rings. The molecular weight excluding hydrogens is 678 g/mol. The van der Waals surface area contributed by atoms with Crippen LogP contribution in [0.15, 0.2) is 84.9 Å². The lowest BCUT2D eigenvalue weighted by atomic mass is 10.0. The summed E-state index contributed by atoms with van der Waals surface area (Å²) in [5.74, 6) is 1.11. The number of pyridine rings is 1. The highest BCUT2D eigenvalue weighted by Gasteiger charge is 2.21. The first kappa shape index (κ1) is 38.5. The second-order valence-electron chi connectivity index (χ2n) is 13.6. The summed E-state index contributed by atoms with van der Waals surface area (Å²) in [5, 5.41) is 15.1. The van der Waals surface area contributed by atoms with Gasteiger partial charge in [0.25, 0.3) is 0 Å². The number of alkyl carbamates (subject to hydrolysis) is 1. The Bertz CT molecular complexity index is 1830. The Morgan fingerprint density at radius 3 is 2.32 bits per heavy atom. The van der Waals surface area contributed by atoms with Crippen molar-refractivity contribution in [2.45, 2.75) is 70.9 Å². The van der Waals surface area contributed by atoms with E-state index in [1.165, 1.54) is 0 Å². The van der Waals surface area contributed by atoms with Crippen molar-refractivity contribution in [3.8, 4) is 45.5 Å². The summed E-state index contributed by atoms with van der Waals surface area (Å²) in [6.45, 7) is 6.81. The highest BCUT2D eigenvalue weighted by Crippen LogP contribution is 2.37. The number of aromatic nitrogens is 1. The molecule has 1 atom stereocenters. The zero-order valence-corrected chi connectivity index (χ0v) is 30.4. The number of ether oxygens (including phenoxy) is 5. The third-order valence-electron chi connectivity index (χ3n) is 8.13. The average Bonchev–Trinajstić information content (AvgIpc) is 3.61. The zero-order chi connectivity index (χ0) is 37.6. The second-order valence-corrected chi connectivity index (χ2v) is 13.6. The largest absolute Gasteiger partial charge is 0.494 e. The van der Waals surface area contributed by atoms with Crippen LogP contribution in [0.4, 0.5) is 4.79 Å². The molecule has 0 fully saturated rings. The molecule has 0 spiro atoms. The van der Waals surface area contributed by atoms with Crippen LogP contribution in [0.2, 0.25) is 0 Å². The van der Waals surface area contributed by atoms with Gasteiger partial charge < -0.3 is 39.4 Å². The van der Waals surface area contributed by atoms with Gasteiger partial charge in [0.2, 0.25) is 18.6 Å². The maximum absolute atomic E-state index is 12.7. The van der Waals surface area contributed by atoms with Crippen molar-refractivity contribution in [3.63, 3.8) is 0 Å². The summed E-state index contributed by atoms with van der Waals surface area (Å²) in [6.07, 6.45) is 2.46. The summed E-state index contributed by atoms with van der Waals surface area (Å²) in [7, 11) is 0. The Hall–Kier alpha value is -5.78. The van der Waals surface area contributed by atoms with Gasteiger partial charge in [-0.2, -0.15) is 0 Å². The number of benzene rings is 3. The van der Waals surface area contributed by atoms with Gasteiger partial charge in [0.05, 0.1) is 18.9 Å². The first-order chi connectivity index (χ1) is 25.5. The molecule has 0 aliphatic carbocycles. The van der Waals surface area contributed by atoms with E-state index in [1.54, 1.807) is 45.0 Å². The highest BCUT2D eigenvalue weighted by molar-refractivity contribution is 5.83. The number of carboxylic acids is 1. The lowest BCUT2D eigenvalue weighted by molar-refractivity contribution is -0.141. The molecule has 3 aromatic carbocycles. The monoisotopic (exact) mass is 725 g/mol. The SMILES string of the molecule is CC(C)(C)OC(=O)NCCCOc1ccc(CC(NC(=O)CCCCCOc2cc(-c3ccc4c(c3)OCO4)cc(-c3ccccc3)n2)C(=O)O)cc1. The van der Waals surface area contributed by atoms with Gasteiger partial charge in [-0.3, -0.25) is 4.79 Å². The van der Waals surface area contributed by atoms with Crippen molar-refractivity contribution in [2.24, 2.45) is 0 Å². The molecule has 0 bridgehead atoms. The molecule has 1 unspecified atom stereocenters. The van der Waals surface area contributed by atoms with E-state index in [4.69, 9.17) is 28.7 Å². The molecule has 12 nitrogen and oxygen atoms in total. The molecule has 2 amide bonds. The van der Waals surface area contributed by atoms with Crippen molar-refractivity contribution in [2.75, 3.05) is 26.6 Å². The number of rotatable bonds is 18. The minimum absolute atomic E-state index is 0.137. The number of hydrogen-bond donors (Lipinski definition) is 3. The number of carbonyl (C=O) groups excluding carboxylic acids is 2. The number of amides is 2. The first-order valence-electron chi connectivity index (χ1n) is 17.8. The fourth-order valence-electron chi connectivity index (χ4n) is 5.51. The lowest BCUT2D eigenvalue weighted by Gasteiger charge is -2.19. The van der Waals surface area contributed by atoms with Crippen molar-refractivity contribution >= 4 is 18.0 Å². The number of nitrogens with zero attached hydrogens (tertiary/aromatic N) is 1. The summed E-state index contributed by atoms with van der Waals surface area (Å²) in [5.41, 5.74) is 3.83. The molecule has 12 heteroatoms. The lowest BCUT2D eigenvalue weighted by Crippen LogP contribution is -2.42. The Morgan fingerprint density at radius 1 is 0.811 bits per heavy atom. The summed E-state index contributed by atoms with van der Waals surface area (Å²) in [6, 6.07) is 25.6. The molecule has 5 rings (SSSR count). The Labute approximate surface area is 309 Å². The van der Waals surface area contributed by atoms with Gasteiger partial charge in [-0.05, 0) is 93.5 Å². The summed E-state index contributed by atoms with van der Waals surface area (Å²) in [4.78, 5) is 41.1. The normalized spacial score (nSPS) is 12.4. The van der Waals surface area contributed by atoms with Crippen molar-refractivity contribution in [3.05, 3.63) is 90.5 Å². The quantitative estimate of drug-likeness (QED) is 0.0898. The molecule has 0 saturated heterocycles. The maximum atomic E-state index is 12.7. The van der Waals surface area contributed by atoms with Crippen LogP contribution < -0.4 is 29.6 Å². The van der Waals surface area contributed by atoms with E-state index < -0.39 is 23.7 Å². The third-order valence-corrected chi connectivity index (χ3v) is 8.13. The van der Waals surface area contributed by atoms with Gasteiger partial charge in [-0.25, -0.2) is 14.6 Å². The van der Waals surface area contributed by atoms with Crippen LogP contribution >= 0.6 is 0 Å². The summed E-state index contributed by atoms with van der Waals surface area (Å²) < 4.78 is 28.0. The van der Waals surface area contributed by atoms with Crippen LogP contribution in [0.1, 0.15) is 58.4 Å². The Kier molecular flexibility index (Phi) is 13.5. The molecule has 280 valence electrons. The van der Waals surface area contributed by atoms with E-state index in [0.717, 1.165) is 34.4 Å². The van der Waals surface area contributed by atoms with Crippen molar-refractivity contribution in [1.29, 1.82) is 0 Å². The van der Waals surface area contributed by atoms with Gasteiger partial charge in [0.15, 0.2) is 11.5 Å². The number of hydrogen-bond acceptors (Lipinski definition) is 9. The second kappa shape index (κ2) is 18.6. The fraction of sp³-hybridized carbons (Fsp3) is 0.366. The number of fused-ring (bicyclic) bond motifs is 1. The topological polar surface area (TPSA) is 155 Å². The van der Waals surface area contributed by atoms with Crippen LogP contribution in [-0.2, 0) is 20.7 Å². The highest BCUT2D eigenvalue weighted by atomic mass is 16.7. The van der Waals surface area contributed by atoms with Crippen LogP contribution in [-0.4, -0.2) is 66.3 Å². The van der Waals surface area contributed by atoms with Crippen LogP contribution in [0, 0.1) is 0 Å². The molecule has 2 heterocycles. The number of nitrogens with one attached hydrogen (secondary N) is 2. The predicted octanol–water partition coefficient (Wildman–Crippen LogP) is 7.19. The molecule has 1 aliphatic heterocycles. The van der Waals surface area contributed by atoms with E-state index in [2.05, 4.69) is 10.6 Å². The van der Waals surface area contributed by atoms with Crippen LogP contribution in [0.25, 0.3) is 22.4 Å². The van der Waals surface area contributed by atoms with E-state index in [-0.39, 0.29) is 25.5 Å². The standard InChI is InChI=1S/C41H47N3O9/c1-41(2,3)53-40(48)42-20-10-22-49-32-17-14-28(15-18-32)23-34(39(46)47)43-37(45)13-8-5-9-21-50-38-26-31(24-33(44-38)29-11-6-4-7-12-29)30-16-19-35-36(25-30)52-27-51-35/h4,6-7,11-12,14-19,24-26,34H,5,8-10,13,20-23,27H2,1-3H3,(H,42,48)(H,43,45)(H,46,47). The number of carboxylic acid groups (broad SMARTS) is 1. The van der Waals surface area contributed by atoms with E-state index in [1.807, 2.05) is 60.7 Å². The van der Waals surface area contributed by atoms with E-state index in [0.29, 0.717) is 62.1 Å². The maximum Gasteiger partial charge on any atom is 0.407 e. The minimum atomic E-state index is -1.10. The van der Waals surface area contributed by atoms with Gasteiger partial charge in [-0.15, -0.1) is 0 Å². The van der Waals surface area contributed by atoms with E-state index >= 15 is 0 Å². The minimum Gasteiger partial charge on any atom is -0.494 e. The van der Waals surface area contributed by atoms with Gasteiger partial charge >= 0.3 is 12.1 Å². The predicted molar refractivity (Wildman–Crippen MR) is 199 cm³/mol. The Morgan fingerprint density at radius 2 is 1.57 bits per heavy atom. The molecule has 0 radical (unpaired) electrons. The fourth-order valence-corrected chi connectivity index (χ4v) is 5.51. The number of aliphatic carboxylic acids is 1. The zero-order valence-electron chi connectivity index (χ0n) is 30.4. The van der Waals surface area contributed by atoms with E-state index in [9.17, 15) is 19.5 Å². The third kappa shape index (κ3) is 12.4. The number of unbranched alkanes of at least 4 members (excludes halogenated alkanes) is 2. The number of carbonyl (C=O) groups is 3. The molecule has 4 aromatic rings. The smallest absolute Gasteiger partial charge is 0.407 e. The van der Waals surface area contributed by atoms with Gasteiger partial charge in [-0.1, -0.05) is 48.5 Å². The average molecular weight is 726 g/mol. The molecule has 3 N–H and O–H groups in total. The summed E-state index contributed by atoms with van der Waals surface area (Å²) >= 11 is 0. The first-order valence-corrected chi connectivity index (χ1v) is 17.8. The Balaban J connectivity index is 1.03. The molecule has 1 aromatic heterocycles. The van der Waals surface area contributed by atoms with Gasteiger partial charge in [0, 0.05) is 31.0 Å². The molecule has 0 saturated carbocycles. The van der Waals surface area contributed by atoms with Crippen LogP contribution in [0.3, 0.4) is 0 Å². The van der Waals surface area contributed by atoms with Crippen molar-refractivity contribution < 1.29 is 43.2 Å². The molecular formula is C41H47N3O9. The molecule has 53 heavy (non-hydrogen) atoms. The van der Waals surface area contributed by atoms with Crippen LogP contribution in [0.5, 0.6) is 23.1 Å². The van der Waals surface area contributed by atoms with Crippen molar-refractivity contribution in [1.82, 2.24) is 15.6 Å². The van der Waals surface area contributed by atoms with Gasteiger partial charge in [0.1, 0.15) is 17.4 Å².